The van der Waals surface area contributed by atoms with Gasteiger partial charge in [0.15, 0.2) is 0 Å². The summed E-state index contributed by atoms with van der Waals surface area (Å²) in [6.45, 7) is 4.91. The summed E-state index contributed by atoms with van der Waals surface area (Å²) < 4.78 is 55.8. The molecule has 16 nitrogen and oxygen atoms in total. The summed E-state index contributed by atoms with van der Waals surface area (Å²) in [7, 11) is -1.18. The highest BCUT2D eigenvalue weighted by molar-refractivity contribution is 8.13. The van der Waals surface area contributed by atoms with Crippen molar-refractivity contribution in [2.45, 2.75) is 63.5 Å². The number of carboxylic acids is 1. The number of methoxy groups -OCH3 is 1. The molecular formula is C19H33ClN2O14S2. The number of aliphatic carboxylic acids is 1. The number of nitrogens with zero attached hydrogens (tertiary/aromatic N) is 2. The number of halogens is 1. The predicted molar refractivity (Wildman–Crippen MR) is 131 cm³/mol. The number of amides is 2. The topological polar surface area (TPSA) is 231 Å². The molecular weight excluding hydrogens is 580 g/mol. The van der Waals surface area contributed by atoms with E-state index in [9.17, 15) is 36.0 Å². The van der Waals surface area contributed by atoms with E-state index in [2.05, 4.69) is 15.4 Å². The Morgan fingerprint density at radius 2 is 1.42 bits per heavy atom. The third-order valence-electron chi connectivity index (χ3n) is 4.48. The van der Waals surface area contributed by atoms with Gasteiger partial charge in [-0.25, -0.2) is 27.6 Å². The predicted octanol–water partition coefficient (Wildman–Crippen LogP) is -0.117. The van der Waals surface area contributed by atoms with E-state index in [0.717, 1.165) is 22.3 Å². The molecule has 0 bridgehead atoms. The summed E-state index contributed by atoms with van der Waals surface area (Å²) in [5, 5.41) is 26.0. The van der Waals surface area contributed by atoms with Crippen molar-refractivity contribution in [1.29, 1.82) is 0 Å². The van der Waals surface area contributed by atoms with Gasteiger partial charge in [0.2, 0.25) is 9.05 Å². The van der Waals surface area contributed by atoms with Crippen molar-refractivity contribution < 1.29 is 65.0 Å². The number of β-amino-alcohol motifs (C(OH)–C–C–N with tert-alkyl or cyclic N) is 1. The summed E-state index contributed by atoms with van der Waals surface area (Å²) in [5.74, 6) is -1.85. The lowest BCUT2D eigenvalue weighted by atomic mass is 10.2. The first-order chi connectivity index (χ1) is 16.9. The Labute approximate surface area is 224 Å². The minimum atomic E-state index is -3.68. The summed E-state index contributed by atoms with van der Waals surface area (Å²) in [5.41, 5.74) is -0.729. The van der Waals surface area contributed by atoms with Gasteiger partial charge in [-0.15, -0.1) is 0 Å². The van der Waals surface area contributed by atoms with Crippen molar-refractivity contribution >= 4 is 54.0 Å². The molecule has 2 aliphatic heterocycles. The molecule has 2 saturated heterocycles. The van der Waals surface area contributed by atoms with E-state index < -0.39 is 73.2 Å². The Morgan fingerprint density at radius 3 is 1.76 bits per heavy atom. The Hall–Kier alpha value is -2.41. The maximum absolute atomic E-state index is 12.1. The number of aliphatic hydroxyl groups excluding tert-OH is 1. The minimum absolute atomic E-state index is 0.0262. The minimum Gasteiger partial charge on any atom is -0.480 e. The van der Waals surface area contributed by atoms with Crippen LogP contribution >= 0.6 is 10.7 Å². The van der Waals surface area contributed by atoms with Crippen molar-refractivity contribution in [2.24, 2.45) is 0 Å². The zero-order chi connectivity index (χ0) is 30.2. The van der Waals surface area contributed by atoms with Gasteiger partial charge in [0.05, 0.1) is 44.9 Å². The molecule has 0 radical (unpaired) electrons. The van der Waals surface area contributed by atoms with Crippen LogP contribution in [0.5, 0.6) is 0 Å². The molecule has 2 fully saturated rings. The van der Waals surface area contributed by atoms with Crippen LogP contribution in [0.3, 0.4) is 0 Å². The summed E-state index contributed by atoms with van der Waals surface area (Å²) in [4.78, 5) is 46.5. The van der Waals surface area contributed by atoms with E-state index in [-0.39, 0.29) is 25.9 Å². The third-order valence-corrected chi connectivity index (χ3v) is 5.11. The number of hydrogen-bond acceptors (Lipinski definition) is 12. The average molecular weight is 613 g/mol. The Bertz CT molecular complexity index is 1040. The number of rotatable bonds is 4. The zero-order valence-electron chi connectivity index (χ0n) is 21.6. The molecule has 0 aliphatic carbocycles. The molecule has 2 rings (SSSR count). The molecule has 0 aromatic carbocycles. The van der Waals surface area contributed by atoms with Crippen LogP contribution in [0.4, 0.5) is 9.59 Å². The van der Waals surface area contributed by atoms with Gasteiger partial charge in [0, 0.05) is 23.5 Å². The molecule has 0 saturated carbocycles. The van der Waals surface area contributed by atoms with E-state index in [0.29, 0.717) is 0 Å². The number of carboxylic acid groups (broad SMARTS) is 2. The molecule has 2 aliphatic rings. The van der Waals surface area contributed by atoms with Gasteiger partial charge >= 0.3 is 24.1 Å². The Balaban J connectivity index is 0.000000673. The van der Waals surface area contributed by atoms with Crippen LogP contribution in [0.2, 0.25) is 0 Å². The lowest BCUT2D eigenvalue weighted by molar-refractivity contribution is -0.145. The van der Waals surface area contributed by atoms with Crippen LogP contribution in [0.25, 0.3) is 0 Å². The van der Waals surface area contributed by atoms with Crippen molar-refractivity contribution in [3.8, 4) is 0 Å². The molecule has 0 spiro atoms. The number of hydrogen-bond donors (Lipinski definition) is 3. The first kappa shape index (κ1) is 35.6. The fourth-order valence-electron chi connectivity index (χ4n) is 3.26. The SMILES string of the molecule is COC(=O)[C@@H]1C[C@@H](OS(C)(=O)=O)CN1C(=O)OC(C)(C)C.CS(=O)(=O)Cl.O=C(O)[C@@H]1C[C@@H](O)CN1C(=O)O. The fourth-order valence-corrected chi connectivity index (χ4v) is 3.89. The highest BCUT2D eigenvalue weighted by Gasteiger charge is 2.44. The monoisotopic (exact) mass is 612 g/mol. The molecule has 19 heteroatoms. The molecule has 0 aromatic heterocycles. The highest BCUT2D eigenvalue weighted by atomic mass is 35.7. The second kappa shape index (κ2) is 14.1. The Kier molecular flexibility index (Phi) is 13.2. The number of esters is 1. The summed E-state index contributed by atoms with van der Waals surface area (Å²) in [6, 6.07) is -2.02. The largest absolute Gasteiger partial charge is 0.480 e. The zero-order valence-corrected chi connectivity index (χ0v) is 23.9. The lowest BCUT2D eigenvalue weighted by Crippen LogP contribution is -2.44. The van der Waals surface area contributed by atoms with Crippen molar-refractivity contribution in [3.63, 3.8) is 0 Å². The number of likely N-dealkylation sites (tertiary alicyclic amines) is 2. The van der Waals surface area contributed by atoms with E-state index in [4.69, 9.17) is 24.2 Å². The van der Waals surface area contributed by atoms with E-state index in [1.807, 2.05) is 0 Å². The molecule has 3 N–H and O–H groups in total. The number of carbonyl (C=O) groups is 4. The van der Waals surface area contributed by atoms with Crippen LogP contribution in [0, 0.1) is 0 Å². The van der Waals surface area contributed by atoms with Gasteiger partial charge in [0.1, 0.15) is 17.7 Å². The van der Waals surface area contributed by atoms with Gasteiger partial charge in [-0.05, 0) is 20.8 Å². The highest BCUT2D eigenvalue weighted by Crippen LogP contribution is 2.25. The van der Waals surface area contributed by atoms with E-state index in [1.54, 1.807) is 20.8 Å². The van der Waals surface area contributed by atoms with E-state index in [1.165, 1.54) is 7.11 Å². The van der Waals surface area contributed by atoms with Gasteiger partial charge < -0.3 is 24.8 Å². The molecule has 0 unspecified atom stereocenters. The number of ether oxygens (including phenoxy) is 2. The quantitative estimate of drug-likeness (QED) is 0.213. The molecule has 38 heavy (non-hydrogen) atoms. The normalized spacial score (nSPS) is 23.4. The third kappa shape index (κ3) is 14.5. The van der Waals surface area contributed by atoms with E-state index >= 15 is 0 Å². The second-order valence-corrected chi connectivity index (χ2v) is 13.8. The molecule has 2 amide bonds. The number of carbonyl (C=O) groups excluding carboxylic acids is 2. The first-order valence-corrected chi connectivity index (χ1v) is 15.2. The van der Waals surface area contributed by atoms with Crippen LogP contribution in [-0.4, -0.2) is 129 Å². The summed E-state index contributed by atoms with van der Waals surface area (Å²) in [6.07, 6.45) is -1.82. The lowest BCUT2D eigenvalue weighted by Gasteiger charge is -2.27. The van der Waals surface area contributed by atoms with Crippen LogP contribution in [-0.2, 0) is 42.4 Å². The first-order valence-electron chi connectivity index (χ1n) is 10.7. The molecule has 0 aromatic rings. The second-order valence-electron chi connectivity index (χ2n) is 9.19. The standard InChI is InChI=1S/C12H21NO7S.C6H9NO5.CH3ClO2S/c1-12(2,3)19-11(15)13-7-8(20-21(5,16)17)6-9(13)10(14)18-4;8-3-1-4(5(9)10)7(2-3)6(11)12;1-5(2,3)4/h8-9H,6-7H2,1-5H3;3-4,8H,1-2H2,(H,9,10)(H,11,12);1H3/t8-,9+;3-,4+;/m11./s1. The maximum atomic E-state index is 12.1. The maximum Gasteiger partial charge on any atom is 0.411 e. The molecule has 2 heterocycles. The van der Waals surface area contributed by atoms with Crippen molar-refractivity contribution in [3.05, 3.63) is 0 Å². The number of aliphatic hydroxyl groups is 1. The van der Waals surface area contributed by atoms with Crippen LogP contribution < -0.4 is 0 Å². The van der Waals surface area contributed by atoms with Crippen molar-refractivity contribution in [2.75, 3.05) is 32.7 Å². The average Bonchev–Trinajstić information content (AvgIpc) is 3.28. The van der Waals surface area contributed by atoms with Crippen LogP contribution in [0.15, 0.2) is 0 Å². The van der Waals surface area contributed by atoms with Gasteiger partial charge in [-0.1, -0.05) is 0 Å². The molecule has 222 valence electrons. The van der Waals surface area contributed by atoms with Gasteiger partial charge in [0.25, 0.3) is 10.1 Å². The van der Waals surface area contributed by atoms with Crippen LogP contribution in [0.1, 0.15) is 33.6 Å². The molecule has 4 atom stereocenters. The van der Waals surface area contributed by atoms with Gasteiger partial charge in [-0.3, -0.25) is 14.0 Å². The smallest absolute Gasteiger partial charge is 0.411 e. The fraction of sp³-hybridized carbons (Fsp3) is 0.789. The Morgan fingerprint density at radius 1 is 0.921 bits per heavy atom. The van der Waals surface area contributed by atoms with Gasteiger partial charge in [-0.2, -0.15) is 8.42 Å². The summed E-state index contributed by atoms with van der Waals surface area (Å²) >= 11 is 0. The van der Waals surface area contributed by atoms with Crippen molar-refractivity contribution in [1.82, 2.24) is 9.80 Å².